The molecule has 158 valence electrons. The molecule has 0 saturated carbocycles. The number of benzene rings is 2. The number of methoxy groups -OCH3 is 1. The number of imide groups is 1. The third-order valence-corrected chi connectivity index (χ3v) is 6.03. The molecule has 1 saturated heterocycles. The summed E-state index contributed by atoms with van der Waals surface area (Å²) in [6.45, 7) is 0.812. The van der Waals surface area contributed by atoms with Crippen molar-refractivity contribution in [3.63, 3.8) is 0 Å². The van der Waals surface area contributed by atoms with Gasteiger partial charge in [-0.15, -0.1) is 11.3 Å². The Bertz CT molecular complexity index is 1090. The van der Waals surface area contributed by atoms with E-state index in [-0.39, 0.29) is 30.6 Å². The fourth-order valence-electron chi connectivity index (χ4n) is 3.65. The van der Waals surface area contributed by atoms with Gasteiger partial charge < -0.3 is 9.64 Å². The summed E-state index contributed by atoms with van der Waals surface area (Å²) in [6.07, 6.45) is 0.407. The number of anilines is 1. The van der Waals surface area contributed by atoms with Gasteiger partial charge in [-0.25, -0.2) is 0 Å². The van der Waals surface area contributed by atoms with Gasteiger partial charge in [0.1, 0.15) is 5.75 Å². The van der Waals surface area contributed by atoms with Gasteiger partial charge in [0.25, 0.3) is 5.91 Å². The third-order valence-electron chi connectivity index (χ3n) is 5.17. The first-order chi connectivity index (χ1) is 15.1. The zero-order valence-corrected chi connectivity index (χ0v) is 17.9. The van der Waals surface area contributed by atoms with Gasteiger partial charge >= 0.3 is 0 Å². The van der Waals surface area contributed by atoms with Gasteiger partial charge in [-0.3, -0.25) is 19.3 Å². The quantitative estimate of drug-likeness (QED) is 0.522. The number of hydrogen-bond acceptors (Lipinski definition) is 5. The lowest BCUT2D eigenvalue weighted by Crippen LogP contribution is -2.31. The summed E-state index contributed by atoms with van der Waals surface area (Å²) < 4.78 is 5.46. The number of amides is 3. The second kappa shape index (κ2) is 9.14. The molecular formula is C24H22N2O4S. The van der Waals surface area contributed by atoms with E-state index in [0.29, 0.717) is 30.1 Å². The third kappa shape index (κ3) is 4.51. The second-order valence-electron chi connectivity index (χ2n) is 7.23. The smallest absolute Gasteiger partial charge is 0.254 e. The normalized spacial score (nSPS) is 13.5. The molecule has 0 N–H and O–H groups in total. The highest BCUT2D eigenvalue weighted by molar-refractivity contribution is 7.09. The monoisotopic (exact) mass is 434 g/mol. The minimum Gasteiger partial charge on any atom is -0.496 e. The summed E-state index contributed by atoms with van der Waals surface area (Å²) in [5, 5.41) is 1.98. The van der Waals surface area contributed by atoms with E-state index in [1.807, 2.05) is 41.8 Å². The predicted octanol–water partition coefficient (Wildman–Crippen LogP) is 4.25. The Morgan fingerprint density at radius 2 is 1.77 bits per heavy atom. The molecule has 0 unspecified atom stereocenters. The van der Waals surface area contributed by atoms with Crippen LogP contribution in [0, 0.1) is 0 Å². The summed E-state index contributed by atoms with van der Waals surface area (Å²) in [7, 11) is 1.61. The maximum atomic E-state index is 13.5. The number of ether oxygens (including phenoxy) is 1. The van der Waals surface area contributed by atoms with Gasteiger partial charge in [0.05, 0.1) is 25.9 Å². The molecule has 4 rings (SSSR count). The van der Waals surface area contributed by atoms with Crippen LogP contribution in [0.4, 0.5) is 5.69 Å². The van der Waals surface area contributed by atoms with Crippen molar-refractivity contribution < 1.29 is 19.1 Å². The van der Waals surface area contributed by atoms with Crippen LogP contribution in [0.5, 0.6) is 5.75 Å². The summed E-state index contributed by atoms with van der Waals surface area (Å²) >= 11 is 1.59. The number of nitrogens with zero attached hydrogens (tertiary/aromatic N) is 2. The molecule has 0 radical (unpaired) electrons. The van der Waals surface area contributed by atoms with Crippen molar-refractivity contribution >= 4 is 34.7 Å². The van der Waals surface area contributed by atoms with Crippen molar-refractivity contribution in [1.82, 2.24) is 4.90 Å². The molecule has 2 heterocycles. The summed E-state index contributed by atoms with van der Waals surface area (Å²) in [6, 6.07) is 18.3. The maximum absolute atomic E-state index is 13.5. The van der Waals surface area contributed by atoms with E-state index in [1.165, 1.54) is 4.90 Å². The van der Waals surface area contributed by atoms with E-state index < -0.39 is 0 Å². The molecule has 3 amide bonds. The Morgan fingerprint density at radius 1 is 1.00 bits per heavy atom. The number of para-hydroxylation sites is 1. The van der Waals surface area contributed by atoms with Crippen LogP contribution in [-0.4, -0.2) is 29.7 Å². The van der Waals surface area contributed by atoms with Crippen LogP contribution in [0.2, 0.25) is 0 Å². The Labute approximate surface area is 184 Å². The van der Waals surface area contributed by atoms with E-state index in [9.17, 15) is 14.4 Å². The zero-order chi connectivity index (χ0) is 21.8. The lowest BCUT2D eigenvalue weighted by Gasteiger charge is -2.24. The van der Waals surface area contributed by atoms with E-state index in [2.05, 4.69) is 0 Å². The molecule has 7 heteroatoms. The van der Waals surface area contributed by atoms with E-state index >= 15 is 0 Å². The van der Waals surface area contributed by atoms with Gasteiger partial charge in [-0.05, 0) is 35.7 Å². The SMILES string of the molecule is COc1ccccc1CN(Cc1cccs1)C(=O)c1cccc(N2C(=O)CCC2=O)c1. The van der Waals surface area contributed by atoms with Crippen LogP contribution in [0.25, 0.3) is 0 Å². The second-order valence-corrected chi connectivity index (χ2v) is 8.26. The molecule has 3 aromatic rings. The van der Waals surface area contributed by atoms with Crippen molar-refractivity contribution in [3.05, 3.63) is 82.0 Å². The average molecular weight is 435 g/mol. The zero-order valence-electron chi connectivity index (χ0n) is 17.1. The molecule has 0 bridgehead atoms. The highest BCUT2D eigenvalue weighted by Crippen LogP contribution is 2.26. The molecule has 1 fully saturated rings. The van der Waals surface area contributed by atoms with Gasteiger partial charge in [0.15, 0.2) is 0 Å². The largest absolute Gasteiger partial charge is 0.496 e. The van der Waals surface area contributed by atoms with Crippen molar-refractivity contribution in [2.24, 2.45) is 0 Å². The van der Waals surface area contributed by atoms with Crippen LogP contribution in [0.1, 0.15) is 33.6 Å². The van der Waals surface area contributed by atoms with Crippen molar-refractivity contribution in [1.29, 1.82) is 0 Å². The minimum atomic E-state index is -0.237. The molecule has 1 aromatic heterocycles. The lowest BCUT2D eigenvalue weighted by molar-refractivity contribution is -0.121. The standard InChI is InChI=1S/C24H22N2O4S/c1-30-21-10-3-2-6-18(21)15-25(16-20-9-5-13-31-20)24(29)17-7-4-8-19(14-17)26-22(27)11-12-23(26)28/h2-10,13-14H,11-12,15-16H2,1H3. The van der Waals surface area contributed by atoms with Gasteiger partial charge in [0, 0.05) is 28.8 Å². The van der Waals surface area contributed by atoms with Gasteiger partial charge in [-0.1, -0.05) is 30.3 Å². The number of rotatable bonds is 7. The number of carbonyl (C=O) groups is 3. The Morgan fingerprint density at radius 3 is 2.48 bits per heavy atom. The topological polar surface area (TPSA) is 66.9 Å². The molecule has 0 spiro atoms. The van der Waals surface area contributed by atoms with E-state index in [0.717, 1.165) is 10.4 Å². The molecular weight excluding hydrogens is 412 g/mol. The van der Waals surface area contributed by atoms with E-state index in [4.69, 9.17) is 4.74 Å². The van der Waals surface area contributed by atoms with Crippen molar-refractivity contribution in [2.75, 3.05) is 12.0 Å². The highest BCUT2D eigenvalue weighted by Gasteiger charge is 2.31. The summed E-state index contributed by atoms with van der Waals surface area (Å²) in [5.74, 6) is 0.0619. The first-order valence-corrected chi connectivity index (χ1v) is 10.8. The molecule has 0 aliphatic carbocycles. The fraction of sp³-hybridized carbons (Fsp3) is 0.208. The number of thiophene rings is 1. The molecule has 0 atom stereocenters. The van der Waals surface area contributed by atoms with E-state index in [1.54, 1.807) is 47.6 Å². The highest BCUT2D eigenvalue weighted by atomic mass is 32.1. The van der Waals surface area contributed by atoms with Crippen molar-refractivity contribution in [2.45, 2.75) is 25.9 Å². The van der Waals surface area contributed by atoms with Crippen LogP contribution in [0.15, 0.2) is 66.0 Å². The Hall–Kier alpha value is -3.45. The first-order valence-electron chi connectivity index (χ1n) is 9.96. The molecule has 31 heavy (non-hydrogen) atoms. The van der Waals surface area contributed by atoms with Crippen LogP contribution >= 0.6 is 11.3 Å². The number of carbonyl (C=O) groups excluding carboxylic acids is 3. The minimum absolute atomic E-state index is 0.180. The van der Waals surface area contributed by atoms with Crippen LogP contribution in [-0.2, 0) is 22.7 Å². The Balaban J connectivity index is 1.65. The molecule has 2 aromatic carbocycles. The van der Waals surface area contributed by atoms with Crippen LogP contribution < -0.4 is 9.64 Å². The van der Waals surface area contributed by atoms with Gasteiger partial charge in [0.2, 0.25) is 11.8 Å². The predicted molar refractivity (Wildman–Crippen MR) is 119 cm³/mol. The summed E-state index contributed by atoms with van der Waals surface area (Å²) in [4.78, 5) is 41.7. The number of hydrogen-bond donors (Lipinski definition) is 0. The molecule has 1 aliphatic rings. The Kier molecular flexibility index (Phi) is 6.13. The maximum Gasteiger partial charge on any atom is 0.254 e. The fourth-order valence-corrected chi connectivity index (χ4v) is 4.37. The van der Waals surface area contributed by atoms with Crippen molar-refractivity contribution in [3.8, 4) is 5.75 Å². The van der Waals surface area contributed by atoms with Gasteiger partial charge in [-0.2, -0.15) is 0 Å². The first kappa shape index (κ1) is 20.8. The lowest BCUT2D eigenvalue weighted by atomic mass is 10.1. The molecule has 6 nitrogen and oxygen atoms in total. The van der Waals surface area contributed by atoms with Crippen LogP contribution in [0.3, 0.4) is 0 Å². The summed E-state index contributed by atoms with van der Waals surface area (Å²) in [5.41, 5.74) is 1.76. The molecule has 1 aliphatic heterocycles. The average Bonchev–Trinajstić information content (AvgIpc) is 3.42.